The van der Waals surface area contributed by atoms with Crippen LogP contribution in [0.5, 0.6) is 0 Å². The van der Waals surface area contributed by atoms with Gasteiger partial charge in [-0.25, -0.2) is 4.98 Å². The largest absolute Gasteiger partial charge is 0.310 e. The molecule has 0 radical (unpaired) electrons. The Morgan fingerprint density at radius 3 is 2.25 bits per heavy atom. The summed E-state index contributed by atoms with van der Waals surface area (Å²) < 4.78 is 2.30. The van der Waals surface area contributed by atoms with Gasteiger partial charge < -0.3 is 4.57 Å². The van der Waals surface area contributed by atoms with Crippen LogP contribution in [0.4, 0.5) is 0 Å². The number of benzene rings is 4. The van der Waals surface area contributed by atoms with Gasteiger partial charge in [0.15, 0.2) is 0 Å². The Morgan fingerprint density at radius 1 is 0.750 bits per heavy atom. The lowest BCUT2D eigenvalue weighted by Crippen LogP contribution is -1.95. The second-order valence-electron chi connectivity index (χ2n) is 9.39. The second-order valence-corrected chi connectivity index (χ2v) is 9.39. The lowest BCUT2D eigenvalue weighted by atomic mass is 9.97. The fourth-order valence-electron chi connectivity index (χ4n) is 5.23. The SMILES string of the molecule is C=C/C(=C\C)n1c2ccccc2c2ccc(-c3ccc4c(C)ccc(-c5ccc(C)cc5)c4n3)cc21. The zero-order valence-electron chi connectivity index (χ0n) is 20.9. The lowest BCUT2D eigenvalue weighted by Gasteiger charge is -2.12. The molecule has 174 valence electrons. The van der Waals surface area contributed by atoms with Crippen LogP contribution in [0.2, 0.25) is 0 Å². The van der Waals surface area contributed by atoms with Crippen LogP contribution in [-0.2, 0) is 0 Å². The number of nitrogens with zero attached hydrogens (tertiary/aromatic N) is 2. The monoisotopic (exact) mass is 464 g/mol. The summed E-state index contributed by atoms with van der Waals surface area (Å²) >= 11 is 0. The Labute approximate surface area is 211 Å². The van der Waals surface area contributed by atoms with E-state index in [1.807, 2.05) is 6.08 Å². The number of aryl methyl sites for hydroxylation is 2. The summed E-state index contributed by atoms with van der Waals surface area (Å²) in [5.41, 5.74) is 11.4. The van der Waals surface area contributed by atoms with Crippen LogP contribution in [0.1, 0.15) is 18.1 Å². The van der Waals surface area contributed by atoms with E-state index in [1.54, 1.807) is 0 Å². The van der Waals surface area contributed by atoms with Crippen molar-refractivity contribution in [3.05, 3.63) is 121 Å². The molecule has 0 bridgehead atoms. The van der Waals surface area contributed by atoms with E-state index in [4.69, 9.17) is 4.98 Å². The molecule has 4 aromatic carbocycles. The molecule has 0 unspecified atom stereocenters. The van der Waals surface area contributed by atoms with Crippen molar-refractivity contribution in [1.29, 1.82) is 0 Å². The van der Waals surface area contributed by atoms with Crippen molar-refractivity contribution < 1.29 is 0 Å². The molecule has 36 heavy (non-hydrogen) atoms. The lowest BCUT2D eigenvalue weighted by molar-refractivity contribution is 1.23. The van der Waals surface area contributed by atoms with E-state index in [1.165, 1.54) is 38.4 Å². The maximum Gasteiger partial charge on any atom is 0.0790 e. The van der Waals surface area contributed by atoms with Gasteiger partial charge in [-0.15, -0.1) is 0 Å². The number of fused-ring (bicyclic) bond motifs is 4. The Morgan fingerprint density at radius 2 is 1.47 bits per heavy atom. The molecule has 2 aromatic heterocycles. The molecule has 0 spiro atoms. The maximum absolute atomic E-state index is 5.24. The van der Waals surface area contributed by atoms with Crippen LogP contribution in [0, 0.1) is 13.8 Å². The van der Waals surface area contributed by atoms with E-state index in [0.717, 1.165) is 33.6 Å². The zero-order chi connectivity index (χ0) is 24.8. The maximum atomic E-state index is 5.24. The molecular formula is C34H28N2. The molecule has 0 aliphatic rings. The molecule has 6 rings (SSSR count). The van der Waals surface area contributed by atoms with Crippen LogP contribution in [0.3, 0.4) is 0 Å². The third kappa shape index (κ3) is 3.46. The summed E-state index contributed by atoms with van der Waals surface area (Å²) in [5, 5.41) is 3.66. The Bertz CT molecular complexity index is 1810. The molecule has 6 aromatic rings. The van der Waals surface area contributed by atoms with Gasteiger partial charge in [0.2, 0.25) is 0 Å². The van der Waals surface area contributed by atoms with Gasteiger partial charge in [-0.1, -0.05) is 91.0 Å². The third-order valence-electron chi connectivity index (χ3n) is 7.17. The van der Waals surface area contributed by atoms with Gasteiger partial charge in [0, 0.05) is 33.0 Å². The molecule has 0 saturated heterocycles. The minimum atomic E-state index is 0.973. The first-order valence-corrected chi connectivity index (χ1v) is 12.4. The Kier molecular flexibility index (Phi) is 5.30. The van der Waals surface area contributed by atoms with Crippen molar-refractivity contribution in [2.24, 2.45) is 0 Å². The summed E-state index contributed by atoms with van der Waals surface area (Å²) in [6.45, 7) is 10.4. The Hall–Kier alpha value is -4.43. The molecule has 2 nitrogen and oxygen atoms in total. The number of allylic oxidation sites excluding steroid dienone is 3. The topological polar surface area (TPSA) is 17.8 Å². The highest BCUT2D eigenvalue weighted by Gasteiger charge is 2.15. The average Bonchev–Trinajstić information content (AvgIpc) is 3.24. The smallest absolute Gasteiger partial charge is 0.0790 e. The number of pyridine rings is 1. The third-order valence-corrected chi connectivity index (χ3v) is 7.17. The van der Waals surface area contributed by atoms with Crippen LogP contribution in [0.15, 0.2) is 110 Å². The molecule has 0 saturated carbocycles. The van der Waals surface area contributed by atoms with E-state index < -0.39 is 0 Å². The molecule has 0 amide bonds. The normalized spacial score (nSPS) is 12.0. The van der Waals surface area contributed by atoms with Crippen molar-refractivity contribution in [3.8, 4) is 22.4 Å². The fourth-order valence-corrected chi connectivity index (χ4v) is 5.23. The Balaban J connectivity index is 1.60. The van der Waals surface area contributed by atoms with Gasteiger partial charge in [-0.05, 0) is 56.2 Å². The van der Waals surface area contributed by atoms with Crippen molar-refractivity contribution in [1.82, 2.24) is 9.55 Å². The summed E-state index contributed by atoms with van der Waals surface area (Å²) in [6, 6.07) is 32.7. The average molecular weight is 465 g/mol. The van der Waals surface area contributed by atoms with Gasteiger partial charge in [-0.2, -0.15) is 0 Å². The predicted molar refractivity (Wildman–Crippen MR) is 155 cm³/mol. The molecule has 0 aliphatic carbocycles. The van der Waals surface area contributed by atoms with Gasteiger partial charge in [0.1, 0.15) is 0 Å². The van der Waals surface area contributed by atoms with Crippen molar-refractivity contribution in [3.63, 3.8) is 0 Å². The van der Waals surface area contributed by atoms with Crippen molar-refractivity contribution in [2.75, 3.05) is 0 Å². The summed E-state index contributed by atoms with van der Waals surface area (Å²) in [4.78, 5) is 5.24. The first-order valence-electron chi connectivity index (χ1n) is 12.4. The molecule has 0 N–H and O–H groups in total. The minimum absolute atomic E-state index is 0.973. The standard InChI is InChI=1S/C34H28N2/c1-5-26(6-2)36-32-10-8-7-9-29(32)30-18-16-25(21-33(30)36)31-20-19-27-23(4)13-17-28(34(27)35-31)24-14-11-22(3)12-15-24/h5-21H,1H2,2-4H3/b26-6+. The van der Waals surface area contributed by atoms with E-state index in [0.29, 0.717) is 0 Å². The first-order chi connectivity index (χ1) is 17.6. The first kappa shape index (κ1) is 22.1. The molecule has 2 heterocycles. The van der Waals surface area contributed by atoms with Gasteiger partial charge >= 0.3 is 0 Å². The molecule has 0 aliphatic heterocycles. The van der Waals surface area contributed by atoms with E-state index >= 15 is 0 Å². The highest BCUT2D eigenvalue weighted by Crippen LogP contribution is 2.36. The van der Waals surface area contributed by atoms with Crippen molar-refractivity contribution >= 4 is 38.4 Å². The van der Waals surface area contributed by atoms with Gasteiger partial charge in [0.25, 0.3) is 0 Å². The molecular weight excluding hydrogens is 436 g/mol. The van der Waals surface area contributed by atoms with Crippen LogP contribution < -0.4 is 0 Å². The van der Waals surface area contributed by atoms with Crippen molar-refractivity contribution in [2.45, 2.75) is 20.8 Å². The number of hydrogen-bond acceptors (Lipinski definition) is 1. The number of hydrogen-bond donors (Lipinski definition) is 0. The second kappa shape index (κ2) is 8.66. The predicted octanol–water partition coefficient (Wildman–Crippen LogP) is 9.34. The molecule has 2 heteroatoms. The van der Waals surface area contributed by atoms with Gasteiger partial charge in [-0.3, -0.25) is 0 Å². The molecule has 0 atom stereocenters. The van der Waals surface area contributed by atoms with E-state index in [2.05, 4.69) is 129 Å². The van der Waals surface area contributed by atoms with Crippen LogP contribution in [-0.4, -0.2) is 9.55 Å². The summed E-state index contributed by atoms with van der Waals surface area (Å²) in [7, 11) is 0. The fraction of sp³-hybridized carbons (Fsp3) is 0.0882. The zero-order valence-corrected chi connectivity index (χ0v) is 20.9. The van der Waals surface area contributed by atoms with E-state index in [-0.39, 0.29) is 0 Å². The van der Waals surface area contributed by atoms with Gasteiger partial charge in [0.05, 0.1) is 22.2 Å². The number of para-hydroxylation sites is 1. The quantitative estimate of drug-likeness (QED) is 0.238. The van der Waals surface area contributed by atoms with Crippen LogP contribution in [0.25, 0.3) is 60.8 Å². The summed E-state index contributed by atoms with van der Waals surface area (Å²) in [5.74, 6) is 0. The van der Waals surface area contributed by atoms with E-state index in [9.17, 15) is 0 Å². The highest BCUT2D eigenvalue weighted by molar-refractivity contribution is 6.11. The number of aromatic nitrogens is 2. The minimum Gasteiger partial charge on any atom is -0.310 e. The highest BCUT2D eigenvalue weighted by atomic mass is 15.0. The number of rotatable bonds is 4. The summed E-state index contributed by atoms with van der Waals surface area (Å²) in [6.07, 6.45) is 4.03. The molecule has 0 fully saturated rings. The van der Waals surface area contributed by atoms with Crippen LogP contribution >= 0.6 is 0 Å².